The van der Waals surface area contributed by atoms with Gasteiger partial charge in [-0.15, -0.1) is 0 Å². The normalized spacial score (nSPS) is 22.1. The molecule has 0 aromatic heterocycles. The summed E-state index contributed by atoms with van der Waals surface area (Å²) in [5, 5.41) is 0. The summed E-state index contributed by atoms with van der Waals surface area (Å²) in [5.74, 6) is -0.576. The first-order valence-corrected chi connectivity index (χ1v) is 8.25. The van der Waals surface area contributed by atoms with Crippen molar-refractivity contribution in [1.82, 2.24) is 4.72 Å². The second-order valence-corrected chi connectivity index (χ2v) is 7.69. The van der Waals surface area contributed by atoms with Gasteiger partial charge < -0.3 is 5.73 Å². The Bertz CT molecular complexity index is 599. The van der Waals surface area contributed by atoms with Gasteiger partial charge in [0.25, 0.3) is 0 Å². The molecule has 20 heavy (non-hydrogen) atoms. The fourth-order valence-corrected chi connectivity index (χ4v) is 4.45. The summed E-state index contributed by atoms with van der Waals surface area (Å²) < 4.78 is 41.0. The predicted octanol–water partition coefficient (Wildman–Crippen LogP) is 2.14. The maximum atomic E-state index is 13.3. The Morgan fingerprint density at radius 2 is 2.15 bits per heavy atom. The van der Waals surface area contributed by atoms with E-state index in [0.717, 1.165) is 25.3 Å². The number of rotatable bonds is 4. The van der Waals surface area contributed by atoms with Crippen LogP contribution >= 0.6 is 0 Å². The van der Waals surface area contributed by atoms with Crippen LogP contribution in [0.4, 0.5) is 4.39 Å². The second kappa shape index (κ2) is 5.42. The smallest absolute Gasteiger partial charge is 0.241 e. The number of nitrogens with one attached hydrogen (secondary N) is 1. The Labute approximate surface area is 119 Å². The number of sulfonamides is 1. The summed E-state index contributed by atoms with van der Waals surface area (Å²) in [4.78, 5) is -0.0531. The van der Waals surface area contributed by atoms with Gasteiger partial charge in [0.05, 0.1) is 4.90 Å². The van der Waals surface area contributed by atoms with Crippen molar-refractivity contribution in [3.63, 3.8) is 0 Å². The molecule has 1 saturated carbocycles. The van der Waals surface area contributed by atoms with E-state index in [0.29, 0.717) is 5.56 Å². The van der Waals surface area contributed by atoms with Crippen molar-refractivity contribution in [2.24, 2.45) is 11.1 Å². The van der Waals surface area contributed by atoms with E-state index in [1.807, 2.05) is 13.8 Å². The summed E-state index contributed by atoms with van der Waals surface area (Å²) in [6, 6.07) is 3.55. The lowest BCUT2D eigenvalue weighted by atomic mass is 9.88. The molecule has 1 aromatic carbocycles. The van der Waals surface area contributed by atoms with Crippen LogP contribution in [-0.4, -0.2) is 14.5 Å². The predicted molar refractivity (Wildman–Crippen MR) is 76.0 cm³/mol. The zero-order valence-corrected chi connectivity index (χ0v) is 12.6. The highest BCUT2D eigenvalue weighted by molar-refractivity contribution is 7.89. The molecule has 0 aliphatic heterocycles. The number of benzene rings is 1. The molecule has 0 spiro atoms. The number of nitrogens with two attached hydrogens (primary N) is 1. The highest BCUT2D eigenvalue weighted by atomic mass is 32.2. The van der Waals surface area contributed by atoms with Crippen LogP contribution < -0.4 is 10.5 Å². The largest absolute Gasteiger partial charge is 0.326 e. The van der Waals surface area contributed by atoms with Crippen LogP contribution in [0.5, 0.6) is 0 Å². The zero-order chi connectivity index (χ0) is 15.0. The Hall–Kier alpha value is -0.980. The third-order valence-corrected chi connectivity index (χ3v) is 5.65. The molecule has 112 valence electrons. The third kappa shape index (κ3) is 3.02. The first-order chi connectivity index (χ1) is 9.26. The molecule has 0 radical (unpaired) electrons. The molecule has 0 bridgehead atoms. The summed E-state index contributed by atoms with van der Waals surface area (Å²) in [7, 11) is -3.75. The van der Waals surface area contributed by atoms with Crippen LogP contribution in [-0.2, 0) is 16.6 Å². The maximum Gasteiger partial charge on any atom is 0.241 e. The molecule has 1 aliphatic rings. The lowest BCUT2D eigenvalue weighted by Gasteiger charge is -2.27. The molecule has 1 aromatic rings. The van der Waals surface area contributed by atoms with E-state index in [-0.39, 0.29) is 22.9 Å². The maximum absolute atomic E-state index is 13.3. The zero-order valence-electron chi connectivity index (χ0n) is 11.8. The molecule has 1 fully saturated rings. The fourth-order valence-electron chi connectivity index (χ4n) is 2.74. The minimum Gasteiger partial charge on any atom is -0.326 e. The first-order valence-electron chi connectivity index (χ1n) is 6.77. The molecular formula is C14H21FN2O2S. The average Bonchev–Trinajstić information content (AvgIpc) is 2.68. The summed E-state index contributed by atoms with van der Waals surface area (Å²) in [5.41, 5.74) is 5.89. The molecule has 1 aliphatic carbocycles. The van der Waals surface area contributed by atoms with Crippen molar-refractivity contribution in [2.75, 3.05) is 0 Å². The van der Waals surface area contributed by atoms with Crippen LogP contribution in [0.2, 0.25) is 0 Å². The number of halogens is 1. The van der Waals surface area contributed by atoms with Gasteiger partial charge in [-0.25, -0.2) is 17.5 Å². The van der Waals surface area contributed by atoms with E-state index in [2.05, 4.69) is 4.72 Å². The fraction of sp³-hybridized carbons (Fsp3) is 0.571. The molecule has 1 atom stereocenters. The Kier molecular flexibility index (Phi) is 4.18. The number of hydrogen-bond donors (Lipinski definition) is 2. The van der Waals surface area contributed by atoms with Gasteiger partial charge in [0.15, 0.2) is 0 Å². The second-order valence-electron chi connectivity index (χ2n) is 6.01. The van der Waals surface area contributed by atoms with Gasteiger partial charge in [0.1, 0.15) is 5.82 Å². The van der Waals surface area contributed by atoms with Crippen molar-refractivity contribution >= 4 is 10.0 Å². The number of hydrogen-bond acceptors (Lipinski definition) is 3. The summed E-state index contributed by atoms with van der Waals surface area (Å²) in [6.07, 6.45) is 2.78. The van der Waals surface area contributed by atoms with Gasteiger partial charge in [0, 0.05) is 12.6 Å². The minimum absolute atomic E-state index is 0.0531. The topological polar surface area (TPSA) is 72.2 Å². The van der Waals surface area contributed by atoms with Gasteiger partial charge in [-0.1, -0.05) is 26.3 Å². The molecule has 6 heteroatoms. The average molecular weight is 300 g/mol. The highest BCUT2D eigenvalue weighted by Crippen LogP contribution is 2.38. The van der Waals surface area contributed by atoms with Crippen LogP contribution in [0.15, 0.2) is 23.1 Å². The van der Waals surface area contributed by atoms with Crippen LogP contribution in [0.3, 0.4) is 0 Å². The molecule has 2 rings (SSSR count). The van der Waals surface area contributed by atoms with E-state index in [4.69, 9.17) is 5.73 Å². The van der Waals surface area contributed by atoms with Gasteiger partial charge in [-0.05, 0) is 36.0 Å². The van der Waals surface area contributed by atoms with E-state index < -0.39 is 15.8 Å². The van der Waals surface area contributed by atoms with Gasteiger partial charge >= 0.3 is 0 Å². The standard InChI is InChI=1S/C14H21FN2O2S/c1-14(2)7-3-4-13(14)17-20(18,19)12-8-11(15)6-5-10(12)9-16/h5-6,8,13,17H,3-4,7,9,16H2,1-2H3. The molecule has 4 nitrogen and oxygen atoms in total. The first kappa shape index (κ1) is 15.4. The molecule has 3 N–H and O–H groups in total. The highest BCUT2D eigenvalue weighted by Gasteiger charge is 2.37. The van der Waals surface area contributed by atoms with E-state index in [1.165, 1.54) is 12.1 Å². The SMILES string of the molecule is CC1(C)CCCC1NS(=O)(=O)c1cc(F)ccc1CN. The van der Waals surface area contributed by atoms with Gasteiger partial charge in [-0.2, -0.15) is 0 Å². The Balaban J connectivity index is 2.34. The summed E-state index contributed by atoms with van der Waals surface area (Å²) in [6.45, 7) is 4.15. The van der Waals surface area contributed by atoms with Crippen molar-refractivity contribution < 1.29 is 12.8 Å². The molecule has 0 amide bonds. The Morgan fingerprint density at radius 1 is 1.45 bits per heavy atom. The summed E-state index contributed by atoms with van der Waals surface area (Å²) >= 11 is 0. The Morgan fingerprint density at radius 3 is 2.70 bits per heavy atom. The van der Waals surface area contributed by atoms with Crippen molar-refractivity contribution in [1.29, 1.82) is 0 Å². The van der Waals surface area contributed by atoms with Gasteiger partial charge in [-0.3, -0.25) is 0 Å². The molecule has 0 saturated heterocycles. The van der Waals surface area contributed by atoms with E-state index in [9.17, 15) is 12.8 Å². The van der Waals surface area contributed by atoms with Crippen LogP contribution in [0.1, 0.15) is 38.7 Å². The monoisotopic (exact) mass is 300 g/mol. The molecule has 0 heterocycles. The van der Waals surface area contributed by atoms with Crippen molar-refractivity contribution in [3.8, 4) is 0 Å². The third-order valence-electron chi connectivity index (χ3n) is 4.09. The van der Waals surface area contributed by atoms with Gasteiger partial charge in [0.2, 0.25) is 10.0 Å². The minimum atomic E-state index is -3.75. The molecular weight excluding hydrogens is 279 g/mol. The lowest BCUT2D eigenvalue weighted by molar-refractivity contribution is 0.313. The van der Waals surface area contributed by atoms with Crippen LogP contribution in [0, 0.1) is 11.2 Å². The van der Waals surface area contributed by atoms with Crippen molar-refractivity contribution in [3.05, 3.63) is 29.6 Å². The molecule has 1 unspecified atom stereocenters. The quantitative estimate of drug-likeness (QED) is 0.895. The van der Waals surface area contributed by atoms with E-state index in [1.54, 1.807) is 0 Å². The van der Waals surface area contributed by atoms with Crippen LogP contribution in [0.25, 0.3) is 0 Å². The van der Waals surface area contributed by atoms with Crippen molar-refractivity contribution in [2.45, 2.75) is 50.6 Å². The van der Waals surface area contributed by atoms with E-state index >= 15 is 0 Å². The lowest BCUT2D eigenvalue weighted by Crippen LogP contribution is -2.41.